The third kappa shape index (κ3) is 4.85. The maximum absolute atomic E-state index is 5.02. The van der Waals surface area contributed by atoms with E-state index in [2.05, 4.69) is 50.5 Å². The molecule has 0 amide bonds. The van der Waals surface area contributed by atoms with Gasteiger partial charge in [-0.25, -0.2) is 0 Å². The molecule has 1 aromatic heterocycles. The van der Waals surface area contributed by atoms with Crippen molar-refractivity contribution < 1.29 is 0 Å². The maximum atomic E-state index is 5.02. The second kappa shape index (κ2) is 9.26. The number of rotatable bonds is 10. The van der Waals surface area contributed by atoms with E-state index in [4.69, 9.17) is 4.98 Å². The molecule has 0 fully saturated rings. The number of fused-ring (bicyclic) bond motifs is 1. The molecule has 1 aliphatic rings. The van der Waals surface area contributed by atoms with Gasteiger partial charge in [0, 0.05) is 0 Å². The van der Waals surface area contributed by atoms with E-state index in [1.165, 1.54) is 63.1 Å². The molecule has 1 aromatic rings. The summed E-state index contributed by atoms with van der Waals surface area (Å²) in [4.78, 5) is 5.02. The Hall–Kier alpha value is -0.291. The van der Waals surface area contributed by atoms with Crippen molar-refractivity contribution in [2.24, 2.45) is 0 Å². The van der Waals surface area contributed by atoms with Crippen molar-refractivity contribution in [3.8, 4) is 0 Å². The fraction of sp³-hybridized carbons (Fsp3) is 0.737. The number of hydrogen-bond donors (Lipinski definition) is 1. The number of hydrazine groups is 1. The molecule has 130 valence electrons. The van der Waals surface area contributed by atoms with Crippen LogP contribution in [0.4, 0.5) is 5.69 Å². The standard InChI is InChI=1S/C7H8N3.3C4H9.Sn/c1-10-5-6-2-3-8-4-7(6)9-10;3*1-3-4-2;/h2,4,9H,5H2,1H3;3*1,3-4H2,2H3;. The van der Waals surface area contributed by atoms with Crippen LogP contribution in [0.15, 0.2) is 12.3 Å². The summed E-state index contributed by atoms with van der Waals surface area (Å²) >= 11 is -2.35. The van der Waals surface area contributed by atoms with E-state index in [9.17, 15) is 0 Å². The normalized spacial score (nSPS) is 14.8. The summed E-state index contributed by atoms with van der Waals surface area (Å²) in [6, 6.07) is 2.49. The Morgan fingerprint density at radius 1 is 1.04 bits per heavy atom. The molecule has 0 radical (unpaired) electrons. The first-order valence-corrected chi connectivity index (χ1v) is 17.1. The van der Waals surface area contributed by atoms with E-state index < -0.39 is 18.4 Å². The van der Waals surface area contributed by atoms with E-state index in [0.717, 1.165) is 6.54 Å². The SMILES string of the molecule is CCC[CH2][Sn]([CH2]CCC)([CH2]CCC)[c]1cc2c(cn1)NN(C)C2. The number of hydrogen-bond acceptors (Lipinski definition) is 3. The van der Waals surface area contributed by atoms with Gasteiger partial charge in [-0.2, -0.15) is 0 Å². The van der Waals surface area contributed by atoms with Gasteiger partial charge >= 0.3 is 147 Å². The monoisotopic (exact) mass is 425 g/mol. The molecule has 1 N–H and O–H groups in total. The van der Waals surface area contributed by atoms with Crippen LogP contribution in [0.3, 0.4) is 0 Å². The van der Waals surface area contributed by atoms with E-state index in [-0.39, 0.29) is 0 Å². The van der Waals surface area contributed by atoms with Crippen LogP contribution in [0.1, 0.15) is 64.9 Å². The summed E-state index contributed by atoms with van der Waals surface area (Å²) < 4.78 is 6.06. The van der Waals surface area contributed by atoms with Gasteiger partial charge in [-0.15, -0.1) is 0 Å². The van der Waals surface area contributed by atoms with Crippen molar-refractivity contribution >= 4 is 27.8 Å². The fourth-order valence-corrected chi connectivity index (χ4v) is 19.3. The van der Waals surface area contributed by atoms with Crippen molar-refractivity contribution in [3.63, 3.8) is 0 Å². The minimum absolute atomic E-state index is 1.02. The Morgan fingerprint density at radius 2 is 1.61 bits per heavy atom. The van der Waals surface area contributed by atoms with Gasteiger partial charge < -0.3 is 0 Å². The van der Waals surface area contributed by atoms with Crippen molar-refractivity contribution in [1.82, 2.24) is 9.99 Å². The van der Waals surface area contributed by atoms with Crippen molar-refractivity contribution in [1.29, 1.82) is 0 Å². The van der Waals surface area contributed by atoms with Crippen LogP contribution in [-0.2, 0) is 6.54 Å². The second-order valence-electron chi connectivity index (χ2n) is 7.29. The number of nitrogens with one attached hydrogen (secondary N) is 1. The number of aromatic nitrogens is 1. The first-order valence-electron chi connectivity index (χ1n) is 9.62. The number of nitrogens with zero attached hydrogens (tertiary/aromatic N) is 2. The topological polar surface area (TPSA) is 28.2 Å². The summed E-state index contributed by atoms with van der Waals surface area (Å²) in [7, 11) is 2.11. The Morgan fingerprint density at radius 3 is 2.13 bits per heavy atom. The van der Waals surface area contributed by atoms with E-state index in [1.54, 1.807) is 3.71 Å². The molecule has 2 heterocycles. The molecule has 4 heteroatoms. The molecule has 0 bridgehead atoms. The number of unbranched alkanes of at least 4 members (excludes halogenated alkanes) is 3. The van der Waals surface area contributed by atoms with Gasteiger partial charge in [0.05, 0.1) is 0 Å². The van der Waals surface area contributed by atoms with Crippen LogP contribution >= 0.6 is 0 Å². The summed E-state index contributed by atoms with van der Waals surface area (Å²) in [5.74, 6) is 0. The van der Waals surface area contributed by atoms with Gasteiger partial charge in [0.1, 0.15) is 0 Å². The molecule has 0 saturated heterocycles. The zero-order chi connectivity index (χ0) is 16.7. The summed E-state index contributed by atoms with van der Waals surface area (Å²) in [6.07, 6.45) is 10.3. The number of pyridine rings is 1. The zero-order valence-corrected chi connectivity index (χ0v) is 18.5. The van der Waals surface area contributed by atoms with Crippen LogP contribution in [0, 0.1) is 0 Å². The van der Waals surface area contributed by atoms with Crippen LogP contribution in [0.5, 0.6) is 0 Å². The Balaban J connectivity index is 2.31. The molecule has 3 nitrogen and oxygen atoms in total. The van der Waals surface area contributed by atoms with E-state index >= 15 is 0 Å². The fourth-order valence-electron chi connectivity index (χ4n) is 3.82. The minimum atomic E-state index is -2.35. The van der Waals surface area contributed by atoms with E-state index in [0.29, 0.717) is 0 Å². The Kier molecular flexibility index (Phi) is 7.66. The molecule has 0 aliphatic carbocycles. The Bertz CT molecular complexity index is 468. The summed E-state index contributed by atoms with van der Waals surface area (Å²) in [6.45, 7) is 8.03. The Labute approximate surface area is 147 Å². The van der Waals surface area contributed by atoms with Gasteiger partial charge in [0.15, 0.2) is 0 Å². The molecule has 0 atom stereocenters. The molecule has 2 rings (SSSR count). The zero-order valence-electron chi connectivity index (χ0n) is 15.6. The van der Waals surface area contributed by atoms with Crippen LogP contribution in [-0.4, -0.2) is 35.4 Å². The first kappa shape index (κ1) is 19.0. The molecular weight excluding hydrogens is 389 g/mol. The third-order valence-corrected chi connectivity index (χ3v) is 20.4. The first-order chi connectivity index (χ1) is 11.1. The average molecular weight is 424 g/mol. The van der Waals surface area contributed by atoms with E-state index in [1.807, 2.05) is 0 Å². The van der Waals surface area contributed by atoms with Gasteiger partial charge in [-0.1, -0.05) is 0 Å². The summed E-state index contributed by atoms with van der Waals surface area (Å²) in [5, 5.41) is 2.16. The van der Waals surface area contributed by atoms with Gasteiger partial charge in [-0.05, 0) is 0 Å². The van der Waals surface area contributed by atoms with Crippen molar-refractivity contribution in [3.05, 3.63) is 17.8 Å². The third-order valence-electron chi connectivity index (χ3n) is 5.28. The van der Waals surface area contributed by atoms with Crippen LogP contribution in [0.25, 0.3) is 0 Å². The van der Waals surface area contributed by atoms with Gasteiger partial charge in [0.2, 0.25) is 0 Å². The van der Waals surface area contributed by atoms with Crippen molar-refractivity contribution in [2.75, 3.05) is 12.5 Å². The molecular formula is C19H35N3Sn. The molecule has 0 unspecified atom stereocenters. The molecule has 0 spiro atoms. The molecule has 0 saturated carbocycles. The average Bonchev–Trinajstić information content (AvgIpc) is 2.93. The molecule has 0 aromatic carbocycles. The summed E-state index contributed by atoms with van der Waals surface area (Å²) in [5.41, 5.74) is 6.08. The number of anilines is 1. The van der Waals surface area contributed by atoms with Crippen LogP contribution in [0.2, 0.25) is 13.3 Å². The predicted molar refractivity (Wildman–Crippen MR) is 104 cm³/mol. The van der Waals surface area contributed by atoms with Gasteiger partial charge in [-0.3, -0.25) is 0 Å². The van der Waals surface area contributed by atoms with Crippen LogP contribution < -0.4 is 9.14 Å². The second-order valence-corrected chi connectivity index (χ2v) is 20.3. The quantitative estimate of drug-likeness (QED) is 0.542. The van der Waals surface area contributed by atoms with Crippen molar-refractivity contribution in [2.45, 2.75) is 79.2 Å². The predicted octanol–water partition coefficient (Wildman–Crippen LogP) is 4.91. The molecule has 1 aliphatic heterocycles. The molecule has 23 heavy (non-hydrogen) atoms. The van der Waals surface area contributed by atoms with Gasteiger partial charge in [0.25, 0.3) is 0 Å².